The van der Waals surface area contributed by atoms with Crippen LogP contribution in [0.15, 0.2) is 47.4 Å². The summed E-state index contributed by atoms with van der Waals surface area (Å²) in [5, 5.41) is 2.71. The van der Waals surface area contributed by atoms with Crippen molar-refractivity contribution in [1.29, 1.82) is 0 Å². The van der Waals surface area contributed by atoms with Crippen LogP contribution >= 0.6 is 0 Å². The van der Waals surface area contributed by atoms with E-state index < -0.39 is 15.8 Å². The zero-order chi connectivity index (χ0) is 20.6. The summed E-state index contributed by atoms with van der Waals surface area (Å²) in [7, 11) is -3.38. The molecular weight excluding hydrogens is 396 g/mol. The second-order valence-electron chi connectivity index (χ2n) is 7.02. The van der Waals surface area contributed by atoms with Crippen LogP contribution in [0.1, 0.15) is 6.42 Å². The number of carbonyl (C=O) groups is 2. The molecule has 2 aromatic carbocycles. The summed E-state index contributed by atoms with van der Waals surface area (Å²) in [4.78, 5) is 26.8. The number of nitrogens with one attached hydrogen (secondary N) is 1. The molecule has 2 aliphatic rings. The van der Waals surface area contributed by atoms with Crippen LogP contribution in [0, 0.1) is 5.92 Å². The number of anilines is 2. The molecule has 0 radical (unpaired) electrons. The molecule has 0 aliphatic carbocycles. The van der Waals surface area contributed by atoms with Gasteiger partial charge in [0.2, 0.25) is 11.8 Å². The van der Waals surface area contributed by atoms with Crippen LogP contribution in [0.25, 0.3) is 0 Å². The van der Waals surface area contributed by atoms with Gasteiger partial charge in [-0.3, -0.25) is 9.59 Å². The first-order valence-electron chi connectivity index (χ1n) is 9.12. The zero-order valence-electron chi connectivity index (χ0n) is 15.8. The number of carbonyl (C=O) groups excluding carboxylic acids is 2. The molecule has 0 unspecified atom stereocenters. The van der Waals surface area contributed by atoms with Crippen molar-refractivity contribution in [3.63, 3.8) is 0 Å². The number of benzene rings is 2. The number of hydrogen-bond acceptors (Lipinski definition) is 6. The lowest BCUT2D eigenvalue weighted by Crippen LogP contribution is -2.28. The average Bonchev–Trinajstić information content (AvgIpc) is 3.09. The molecule has 2 aliphatic heterocycles. The van der Waals surface area contributed by atoms with E-state index in [0.717, 1.165) is 6.26 Å². The van der Waals surface area contributed by atoms with Crippen LogP contribution in [0.2, 0.25) is 0 Å². The molecule has 1 N–H and O–H groups in total. The zero-order valence-corrected chi connectivity index (χ0v) is 16.6. The summed E-state index contributed by atoms with van der Waals surface area (Å²) in [6.45, 7) is 1.16. The minimum absolute atomic E-state index is 0.0754. The Bertz CT molecular complexity index is 1080. The highest BCUT2D eigenvalue weighted by atomic mass is 32.2. The normalized spacial score (nSPS) is 18.6. The first kappa shape index (κ1) is 19.3. The molecule has 0 spiro atoms. The Balaban J connectivity index is 1.47. The maximum atomic E-state index is 12.6. The largest absolute Gasteiger partial charge is 0.486 e. The number of amides is 2. The summed E-state index contributed by atoms with van der Waals surface area (Å²) in [5.41, 5.74) is 1.02. The lowest BCUT2D eigenvalue weighted by atomic mass is 10.1. The maximum absolute atomic E-state index is 12.6. The number of fused-ring (bicyclic) bond motifs is 1. The summed E-state index contributed by atoms with van der Waals surface area (Å²) < 4.78 is 34.4. The third kappa shape index (κ3) is 4.04. The molecular formula is C20H20N2O6S. The minimum Gasteiger partial charge on any atom is -0.486 e. The summed E-state index contributed by atoms with van der Waals surface area (Å²) >= 11 is 0. The molecule has 0 aromatic heterocycles. The Morgan fingerprint density at radius 2 is 1.86 bits per heavy atom. The van der Waals surface area contributed by atoms with Crippen LogP contribution in [0.3, 0.4) is 0 Å². The maximum Gasteiger partial charge on any atom is 0.229 e. The Kier molecular flexibility index (Phi) is 4.91. The second-order valence-corrected chi connectivity index (χ2v) is 9.04. The number of hydrogen-bond donors (Lipinski definition) is 1. The molecule has 0 saturated carbocycles. The van der Waals surface area contributed by atoms with Gasteiger partial charge in [-0.1, -0.05) is 6.07 Å². The molecule has 152 valence electrons. The standard InChI is InChI=1S/C20H20N2O6S/c1-29(25,26)16-4-2-3-14(10-16)21-20(24)13-9-19(23)22(12-13)15-5-6-17-18(11-15)28-8-7-27-17/h2-6,10-11,13H,7-9,12H2,1H3,(H,21,24)/t13-/m1/s1. The molecule has 0 bridgehead atoms. The SMILES string of the molecule is CS(=O)(=O)c1cccc(NC(=O)[C@@H]2CC(=O)N(c3ccc4c(c3)OCCO4)C2)c1. The van der Waals surface area contributed by atoms with E-state index in [0.29, 0.717) is 36.1 Å². The Morgan fingerprint density at radius 3 is 2.62 bits per heavy atom. The predicted molar refractivity (Wildman–Crippen MR) is 106 cm³/mol. The first-order chi connectivity index (χ1) is 13.8. The predicted octanol–water partition coefficient (Wildman–Crippen LogP) is 1.85. The highest BCUT2D eigenvalue weighted by Gasteiger charge is 2.35. The molecule has 1 fully saturated rings. The number of rotatable bonds is 4. The van der Waals surface area contributed by atoms with Gasteiger partial charge in [-0.25, -0.2) is 8.42 Å². The van der Waals surface area contributed by atoms with Gasteiger partial charge in [0.15, 0.2) is 21.3 Å². The van der Waals surface area contributed by atoms with Gasteiger partial charge in [0.1, 0.15) is 13.2 Å². The highest BCUT2D eigenvalue weighted by Crippen LogP contribution is 2.36. The van der Waals surface area contributed by atoms with Gasteiger partial charge in [-0.15, -0.1) is 0 Å². The third-order valence-electron chi connectivity index (χ3n) is 4.86. The minimum atomic E-state index is -3.38. The Morgan fingerprint density at radius 1 is 1.10 bits per heavy atom. The van der Waals surface area contributed by atoms with Crippen molar-refractivity contribution in [3.8, 4) is 11.5 Å². The van der Waals surface area contributed by atoms with Gasteiger partial charge in [0.05, 0.1) is 10.8 Å². The van der Waals surface area contributed by atoms with Gasteiger partial charge in [-0.05, 0) is 30.3 Å². The van der Waals surface area contributed by atoms with Crippen LogP contribution in [-0.4, -0.2) is 46.2 Å². The van der Waals surface area contributed by atoms with E-state index >= 15 is 0 Å². The van der Waals surface area contributed by atoms with E-state index in [2.05, 4.69) is 5.32 Å². The van der Waals surface area contributed by atoms with E-state index in [1.54, 1.807) is 35.2 Å². The van der Waals surface area contributed by atoms with Crippen LogP contribution < -0.4 is 19.7 Å². The number of ether oxygens (including phenoxy) is 2. The fraction of sp³-hybridized carbons (Fsp3) is 0.300. The fourth-order valence-electron chi connectivity index (χ4n) is 3.38. The van der Waals surface area contributed by atoms with E-state index in [4.69, 9.17) is 9.47 Å². The van der Waals surface area contributed by atoms with Gasteiger partial charge in [0, 0.05) is 36.7 Å². The van der Waals surface area contributed by atoms with Gasteiger partial charge in [0.25, 0.3) is 0 Å². The van der Waals surface area contributed by atoms with E-state index in [9.17, 15) is 18.0 Å². The molecule has 2 heterocycles. The van der Waals surface area contributed by atoms with Gasteiger partial charge in [-0.2, -0.15) is 0 Å². The average molecular weight is 416 g/mol. The van der Waals surface area contributed by atoms with Crippen LogP contribution in [0.4, 0.5) is 11.4 Å². The summed E-state index contributed by atoms with van der Waals surface area (Å²) in [6.07, 6.45) is 1.18. The van der Waals surface area contributed by atoms with Crippen molar-refractivity contribution in [2.75, 3.05) is 36.2 Å². The van der Waals surface area contributed by atoms with Crippen molar-refractivity contribution in [3.05, 3.63) is 42.5 Å². The molecule has 8 nitrogen and oxygen atoms in total. The molecule has 2 aromatic rings. The monoisotopic (exact) mass is 416 g/mol. The lowest BCUT2D eigenvalue weighted by Gasteiger charge is -2.22. The first-order valence-corrected chi connectivity index (χ1v) is 11.0. The fourth-order valence-corrected chi connectivity index (χ4v) is 4.05. The van der Waals surface area contributed by atoms with E-state index in [1.807, 2.05) is 0 Å². The van der Waals surface area contributed by atoms with E-state index in [1.165, 1.54) is 12.1 Å². The topological polar surface area (TPSA) is 102 Å². The number of sulfone groups is 1. The molecule has 2 amide bonds. The highest BCUT2D eigenvalue weighted by molar-refractivity contribution is 7.90. The Hall–Kier alpha value is -3.07. The molecule has 4 rings (SSSR count). The van der Waals surface area contributed by atoms with E-state index in [-0.39, 0.29) is 29.7 Å². The summed E-state index contributed by atoms with van der Waals surface area (Å²) in [5.74, 6) is 0.173. The van der Waals surface area contributed by atoms with Crippen LogP contribution in [-0.2, 0) is 19.4 Å². The van der Waals surface area contributed by atoms with Gasteiger partial charge < -0.3 is 19.7 Å². The molecule has 9 heteroatoms. The Labute approximate surface area is 168 Å². The second kappa shape index (κ2) is 7.40. The van der Waals surface area contributed by atoms with Crippen molar-refractivity contribution >= 4 is 33.0 Å². The smallest absolute Gasteiger partial charge is 0.229 e. The molecule has 29 heavy (non-hydrogen) atoms. The van der Waals surface area contributed by atoms with Crippen molar-refractivity contribution in [1.82, 2.24) is 0 Å². The van der Waals surface area contributed by atoms with Crippen molar-refractivity contribution in [2.45, 2.75) is 11.3 Å². The summed E-state index contributed by atoms with van der Waals surface area (Å²) in [6, 6.07) is 11.3. The van der Waals surface area contributed by atoms with Crippen molar-refractivity contribution in [2.24, 2.45) is 5.92 Å². The van der Waals surface area contributed by atoms with Crippen molar-refractivity contribution < 1.29 is 27.5 Å². The third-order valence-corrected chi connectivity index (χ3v) is 5.97. The number of nitrogens with zero attached hydrogens (tertiary/aromatic N) is 1. The quantitative estimate of drug-likeness (QED) is 0.816. The lowest BCUT2D eigenvalue weighted by molar-refractivity contribution is -0.122. The molecule has 1 atom stereocenters. The van der Waals surface area contributed by atoms with Gasteiger partial charge >= 0.3 is 0 Å². The molecule has 1 saturated heterocycles. The van der Waals surface area contributed by atoms with Crippen LogP contribution in [0.5, 0.6) is 11.5 Å².